The Morgan fingerprint density at radius 2 is 2.29 bits per heavy atom. The van der Waals surface area contributed by atoms with Crippen molar-refractivity contribution in [3.8, 4) is 5.75 Å². The Labute approximate surface area is 81.2 Å². The van der Waals surface area contributed by atoms with Gasteiger partial charge < -0.3 is 15.5 Å². The van der Waals surface area contributed by atoms with Gasteiger partial charge in [-0.3, -0.25) is 4.79 Å². The first-order chi connectivity index (χ1) is 6.68. The van der Waals surface area contributed by atoms with Crippen LogP contribution in [-0.2, 0) is 4.79 Å². The third-order valence-electron chi connectivity index (χ3n) is 2.46. The van der Waals surface area contributed by atoms with E-state index in [0.717, 1.165) is 5.69 Å². The number of carboxylic acids is 1. The van der Waals surface area contributed by atoms with Crippen molar-refractivity contribution < 1.29 is 15.0 Å². The van der Waals surface area contributed by atoms with Crippen LogP contribution in [0.3, 0.4) is 0 Å². The highest BCUT2D eigenvalue weighted by atomic mass is 16.4. The molecule has 74 valence electrons. The molecule has 14 heavy (non-hydrogen) atoms. The molecule has 0 fully saturated rings. The van der Waals surface area contributed by atoms with Gasteiger partial charge in [-0.1, -0.05) is 0 Å². The quantitative estimate of drug-likeness (QED) is 0.589. The van der Waals surface area contributed by atoms with Gasteiger partial charge in [0.05, 0.1) is 5.92 Å². The number of phenols is 1. The Hall–Kier alpha value is -1.71. The number of rotatable bonds is 1. The largest absolute Gasteiger partial charge is 0.508 e. The molecular formula is C10H11NO3. The van der Waals surface area contributed by atoms with E-state index in [0.29, 0.717) is 18.5 Å². The smallest absolute Gasteiger partial charge is 0.311 e. The van der Waals surface area contributed by atoms with Crippen molar-refractivity contribution in [3.05, 3.63) is 23.8 Å². The van der Waals surface area contributed by atoms with E-state index in [1.54, 1.807) is 12.1 Å². The summed E-state index contributed by atoms with van der Waals surface area (Å²) in [6.45, 7) is 0.661. The van der Waals surface area contributed by atoms with Crippen LogP contribution in [0.1, 0.15) is 17.9 Å². The molecule has 0 bridgehead atoms. The first-order valence-corrected chi connectivity index (χ1v) is 4.48. The van der Waals surface area contributed by atoms with Gasteiger partial charge in [0.2, 0.25) is 0 Å². The molecule has 4 nitrogen and oxygen atoms in total. The normalized spacial score (nSPS) is 19.6. The summed E-state index contributed by atoms with van der Waals surface area (Å²) in [5, 5.41) is 21.3. The van der Waals surface area contributed by atoms with Gasteiger partial charge in [0.25, 0.3) is 0 Å². The number of aliphatic carboxylic acids is 1. The molecule has 1 unspecified atom stereocenters. The minimum absolute atomic E-state index is 0.110. The number of anilines is 1. The second-order valence-corrected chi connectivity index (χ2v) is 3.38. The third kappa shape index (κ3) is 1.39. The monoisotopic (exact) mass is 193 g/mol. The fourth-order valence-electron chi connectivity index (χ4n) is 1.76. The molecule has 1 heterocycles. The maximum atomic E-state index is 10.9. The molecule has 0 amide bonds. The van der Waals surface area contributed by atoms with Crippen molar-refractivity contribution in [1.29, 1.82) is 0 Å². The minimum atomic E-state index is -0.835. The van der Waals surface area contributed by atoms with Gasteiger partial charge in [0.15, 0.2) is 0 Å². The van der Waals surface area contributed by atoms with Gasteiger partial charge in [-0.25, -0.2) is 0 Å². The zero-order valence-electron chi connectivity index (χ0n) is 7.53. The van der Waals surface area contributed by atoms with E-state index in [2.05, 4.69) is 5.32 Å². The van der Waals surface area contributed by atoms with Crippen LogP contribution in [0.2, 0.25) is 0 Å². The molecule has 1 aromatic carbocycles. The first kappa shape index (κ1) is 8.87. The second-order valence-electron chi connectivity index (χ2n) is 3.38. The van der Waals surface area contributed by atoms with Crippen molar-refractivity contribution in [2.75, 3.05) is 11.9 Å². The Bertz CT molecular complexity index is 376. The number of phenolic OH excluding ortho intramolecular Hbond substituents is 1. The molecule has 2 rings (SSSR count). The topological polar surface area (TPSA) is 69.6 Å². The van der Waals surface area contributed by atoms with Crippen LogP contribution in [0.4, 0.5) is 5.69 Å². The molecule has 4 heteroatoms. The highest BCUT2D eigenvalue weighted by molar-refractivity contribution is 5.80. The van der Waals surface area contributed by atoms with Crippen LogP contribution >= 0.6 is 0 Å². The minimum Gasteiger partial charge on any atom is -0.508 e. The predicted octanol–water partition coefficient (Wildman–Crippen LogP) is 1.38. The highest BCUT2D eigenvalue weighted by Gasteiger charge is 2.26. The first-order valence-electron chi connectivity index (χ1n) is 4.48. The number of nitrogens with one attached hydrogen (secondary N) is 1. The van der Waals surface area contributed by atoms with Gasteiger partial charge in [-0.15, -0.1) is 0 Å². The Balaban J connectivity index is 2.46. The van der Waals surface area contributed by atoms with Gasteiger partial charge in [-0.05, 0) is 30.2 Å². The molecule has 0 aromatic heterocycles. The van der Waals surface area contributed by atoms with Gasteiger partial charge >= 0.3 is 5.97 Å². The molecule has 1 aliphatic rings. The standard InChI is InChI=1S/C10H11NO3/c12-6-1-2-9-8(5-6)7(10(13)14)3-4-11-9/h1-2,5,7,11-12H,3-4H2,(H,13,14). The average molecular weight is 193 g/mol. The van der Waals surface area contributed by atoms with Crippen LogP contribution in [-0.4, -0.2) is 22.7 Å². The number of carbonyl (C=O) groups is 1. The summed E-state index contributed by atoms with van der Waals surface area (Å²) >= 11 is 0. The summed E-state index contributed by atoms with van der Waals surface area (Å²) in [4.78, 5) is 10.9. The lowest BCUT2D eigenvalue weighted by molar-refractivity contribution is -0.138. The summed E-state index contributed by atoms with van der Waals surface area (Å²) in [6, 6.07) is 4.77. The van der Waals surface area contributed by atoms with E-state index in [1.165, 1.54) is 6.07 Å². The Morgan fingerprint density at radius 1 is 1.50 bits per heavy atom. The van der Waals surface area contributed by atoms with E-state index < -0.39 is 11.9 Å². The molecule has 1 aromatic rings. The van der Waals surface area contributed by atoms with Crippen molar-refractivity contribution in [2.45, 2.75) is 12.3 Å². The maximum Gasteiger partial charge on any atom is 0.311 e. The zero-order valence-corrected chi connectivity index (χ0v) is 7.53. The van der Waals surface area contributed by atoms with E-state index in [-0.39, 0.29) is 5.75 Å². The van der Waals surface area contributed by atoms with Crippen molar-refractivity contribution in [2.24, 2.45) is 0 Å². The summed E-state index contributed by atoms with van der Waals surface area (Å²) in [5.41, 5.74) is 1.48. The molecular weight excluding hydrogens is 182 g/mol. The lowest BCUT2D eigenvalue weighted by Crippen LogP contribution is -2.22. The average Bonchev–Trinajstić information content (AvgIpc) is 2.16. The fraction of sp³-hybridized carbons (Fsp3) is 0.300. The number of hydrogen-bond acceptors (Lipinski definition) is 3. The lowest BCUT2D eigenvalue weighted by Gasteiger charge is -2.23. The van der Waals surface area contributed by atoms with Crippen LogP contribution in [0.15, 0.2) is 18.2 Å². The number of benzene rings is 1. The molecule has 0 saturated carbocycles. The lowest BCUT2D eigenvalue weighted by atomic mass is 9.91. The maximum absolute atomic E-state index is 10.9. The summed E-state index contributed by atoms with van der Waals surface area (Å²) in [5.74, 6) is -1.23. The zero-order chi connectivity index (χ0) is 10.1. The van der Waals surface area contributed by atoms with Crippen LogP contribution in [0.25, 0.3) is 0 Å². The fourth-order valence-corrected chi connectivity index (χ4v) is 1.76. The van der Waals surface area contributed by atoms with E-state index in [9.17, 15) is 9.90 Å². The molecule has 0 saturated heterocycles. The summed E-state index contributed by atoms with van der Waals surface area (Å²) < 4.78 is 0. The molecule has 0 radical (unpaired) electrons. The van der Waals surface area contributed by atoms with Gasteiger partial charge in [0.1, 0.15) is 5.75 Å². The van der Waals surface area contributed by atoms with Crippen molar-refractivity contribution in [1.82, 2.24) is 0 Å². The van der Waals surface area contributed by atoms with Crippen LogP contribution in [0.5, 0.6) is 5.75 Å². The molecule has 1 aliphatic heterocycles. The molecule has 3 N–H and O–H groups in total. The second kappa shape index (κ2) is 3.21. The molecule has 1 atom stereocenters. The van der Waals surface area contributed by atoms with Crippen LogP contribution in [0, 0.1) is 0 Å². The predicted molar refractivity (Wildman–Crippen MR) is 51.6 cm³/mol. The third-order valence-corrected chi connectivity index (χ3v) is 2.46. The van der Waals surface area contributed by atoms with Crippen molar-refractivity contribution >= 4 is 11.7 Å². The van der Waals surface area contributed by atoms with E-state index >= 15 is 0 Å². The van der Waals surface area contributed by atoms with E-state index in [1.807, 2.05) is 0 Å². The number of fused-ring (bicyclic) bond motifs is 1. The SMILES string of the molecule is O=C(O)C1CCNc2ccc(O)cc21. The molecule has 0 spiro atoms. The van der Waals surface area contributed by atoms with Crippen molar-refractivity contribution in [3.63, 3.8) is 0 Å². The van der Waals surface area contributed by atoms with E-state index in [4.69, 9.17) is 5.11 Å². The van der Waals surface area contributed by atoms with Crippen LogP contribution < -0.4 is 5.32 Å². The Kier molecular flexibility index (Phi) is 2.04. The van der Waals surface area contributed by atoms with Gasteiger partial charge in [-0.2, -0.15) is 0 Å². The highest BCUT2D eigenvalue weighted by Crippen LogP contribution is 2.33. The Morgan fingerprint density at radius 3 is 3.00 bits per heavy atom. The summed E-state index contributed by atoms with van der Waals surface area (Å²) in [7, 11) is 0. The van der Waals surface area contributed by atoms with Gasteiger partial charge in [0, 0.05) is 12.2 Å². The number of aromatic hydroxyl groups is 1. The summed E-state index contributed by atoms with van der Waals surface area (Å²) in [6.07, 6.45) is 0.561. The number of hydrogen-bond donors (Lipinski definition) is 3. The molecule has 0 aliphatic carbocycles. The number of carboxylic acid groups (broad SMARTS) is 1.